The number of amides is 2. The molecule has 8 heteroatoms. The van der Waals surface area contributed by atoms with E-state index in [0.717, 1.165) is 48.4 Å². The first kappa shape index (κ1) is 24.1. The van der Waals surface area contributed by atoms with Crippen LogP contribution < -0.4 is 15.5 Å². The summed E-state index contributed by atoms with van der Waals surface area (Å²) in [5.74, 6) is 0.227. The van der Waals surface area contributed by atoms with Gasteiger partial charge in [-0.15, -0.1) is 0 Å². The van der Waals surface area contributed by atoms with Crippen LogP contribution in [-0.2, 0) is 16.0 Å². The molecule has 2 amide bonds. The number of hydrogen-bond donors (Lipinski definition) is 2. The first-order chi connectivity index (χ1) is 16.3. The molecular weight excluding hydrogens is 433 g/mol. The van der Waals surface area contributed by atoms with Crippen LogP contribution in [0.4, 0.5) is 15.9 Å². The van der Waals surface area contributed by atoms with Gasteiger partial charge in [0.1, 0.15) is 17.7 Å². The number of aromatic nitrogens is 1. The summed E-state index contributed by atoms with van der Waals surface area (Å²) in [5.41, 5.74) is 2.97. The third kappa shape index (κ3) is 4.78. The number of fused-ring (bicyclic) bond motifs is 1. The normalized spacial score (nSPS) is 19.3. The minimum absolute atomic E-state index is 0.0363. The van der Waals surface area contributed by atoms with E-state index in [1.54, 1.807) is 26.2 Å². The minimum atomic E-state index is -0.585. The van der Waals surface area contributed by atoms with Gasteiger partial charge in [-0.3, -0.25) is 9.59 Å². The third-order valence-corrected chi connectivity index (χ3v) is 6.97. The van der Waals surface area contributed by atoms with Crippen molar-refractivity contribution in [2.75, 3.05) is 25.0 Å². The van der Waals surface area contributed by atoms with Crippen LogP contribution in [0.15, 0.2) is 36.5 Å². The molecule has 2 N–H and O–H groups in total. The predicted molar refractivity (Wildman–Crippen MR) is 130 cm³/mol. The molecule has 0 bridgehead atoms. The highest BCUT2D eigenvalue weighted by molar-refractivity contribution is 5.90. The Labute approximate surface area is 200 Å². The average Bonchev–Trinajstić information content (AvgIpc) is 3.48. The van der Waals surface area contributed by atoms with Gasteiger partial charge in [0, 0.05) is 25.0 Å². The van der Waals surface area contributed by atoms with Crippen LogP contribution in [0.5, 0.6) is 0 Å². The maximum atomic E-state index is 13.9. The zero-order valence-corrected chi connectivity index (χ0v) is 20.3. The van der Waals surface area contributed by atoms with Gasteiger partial charge in [-0.25, -0.2) is 9.37 Å². The molecule has 4 rings (SSSR count). The number of halogens is 1. The van der Waals surface area contributed by atoms with Gasteiger partial charge >= 0.3 is 0 Å². The van der Waals surface area contributed by atoms with E-state index in [0.29, 0.717) is 6.54 Å². The van der Waals surface area contributed by atoms with Crippen LogP contribution in [0.25, 0.3) is 0 Å². The number of benzene rings is 1. The lowest BCUT2D eigenvalue weighted by Crippen LogP contribution is -2.54. The molecule has 34 heavy (non-hydrogen) atoms. The highest BCUT2D eigenvalue weighted by Gasteiger charge is 2.36. The van der Waals surface area contributed by atoms with Crippen LogP contribution in [0.2, 0.25) is 0 Å². The van der Waals surface area contributed by atoms with Crippen molar-refractivity contribution in [3.05, 3.63) is 53.5 Å². The molecule has 1 saturated heterocycles. The van der Waals surface area contributed by atoms with Crippen molar-refractivity contribution in [2.24, 2.45) is 5.92 Å². The molecule has 1 fully saturated rings. The Hall–Kier alpha value is -3.00. The Morgan fingerprint density at radius 1 is 1.15 bits per heavy atom. The SMILES string of the molecule is CNC(C)C(=O)N[C@H](C(=O)N1CCCC1c1ccnc(N2CCc3ccc(F)cc32)c1)C(C)C. The van der Waals surface area contributed by atoms with Crippen molar-refractivity contribution in [2.45, 2.75) is 58.2 Å². The van der Waals surface area contributed by atoms with Crippen molar-refractivity contribution in [1.82, 2.24) is 20.5 Å². The number of carbonyl (C=O) groups excluding carboxylic acids is 2. The lowest BCUT2D eigenvalue weighted by molar-refractivity contribution is -0.138. The molecule has 2 unspecified atom stereocenters. The van der Waals surface area contributed by atoms with Gasteiger partial charge in [0.2, 0.25) is 11.8 Å². The number of nitrogens with one attached hydrogen (secondary N) is 2. The maximum absolute atomic E-state index is 13.9. The van der Waals surface area contributed by atoms with Crippen molar-refractivity contribution in [3.8, 4) is 0 Å². The molecule has 3 heterocycles. The van der Waals surface area contributed by atoms with E-state index in [1.165, 1.54) is 6.07 Å². The van der Waals surface area contributed by atoms with Crippen LogP contribution in [0, 0.1) is 11.7 Å². The number of likely N-dealkylation sites (N-methyl/N-ethyl adjacent to an activating group) is 1. The van der Waals surface area contributed by atoms with Crippen LogP contribution in [-0.4, -0.2) is 53.9 Å². The summed E-state index contributed by atoms with van der Waals surface area (Å²) in [4.78, 5) is 34.6. The quantitative estimate of drug-likeness (QED) is 0.653. The van der Waals surface area contributed by atoms with Crippen LogP contribution >= 0.6 is 0 Å². The molecule has 7 nitrogen and oxygen atoms in total. The standard InChI is InChI=1S/C26H34FN5O2/c1-16(2)24(30-25(33)17(3)28-4)26(34)32-12-5-6-21(32)19-9-11-29-23(14-19)31-13-10-18-7-8-20(27)15-22(18)31/h7-9,11,14-17,21,24,28H,5-6,10,12-13H2,1-4H3,(H,30,33)/t17?,21?,24-/m0/s1. The number of rotatable bonds is 7. The zero-order chi connectivity index (χ0) is 24.4. The fourth-order valence-electron chi connectivity index (χ4n) is 4.86. The first-order valence-electron chi connectivity index (χ1n) is 12.1. The van der Waals surface area contributed by atoms with Crippen molar-refractivity contribution >= 4 is 23.3 Å². The number of pyridine rings is 1. The third-order valence-electron chi connectivity index (χ3n) is 6.97. The van der Waals surface area contributed by atoms with Gasteiger partial charge in [-0.05, 0) is 74.5 Å². The number of hydrogen-bond acceptors (Lipinski definition) is 5. The summed E-state index contributed by atoms with van der Waals surface area (Å²) < 4.78 is 13.9. The number of likely N-dealkylation sites (tertiary alicyclic amines) is 1. The van der Waals surface area contributed by atoms with E-state index in [1.807, 2.05) is 41.8 Å². The average molecular weight is 468 g/mol. The summed E-state index contributed by atoms with van der Waals surface area (Å²) in [7, 11) is 1.72. The van der Waals surface area contributed by atoms with Gasteiger partial charge in [-0.2, -0.15) is 0 Å². The van der Waals surface area contributed by atoms with Crippen LogP contribution in [0.3, 0.4) is 0 Å². The smallest absolute Gasteiger partial charge is 0.245 e. The van der Waals surface area contributed by atoms with E-state index < -0.39 is 6.04 Å². The lowest BCUT2D eigenvalue weighted by atomic mass is 10.00. The summed E-state index contributed by atoms with van der Waals surface area (Å²) in [6, 6.07) is 7.82. The molecule has 3 atom stereocenters. The fourth-order valence-corrected chi connectivity index (χ4v) is 4.86. The molecule has 182 valence electrons. The van der Waals surface area contributed by atoms with E-state index in [4.69, 9.17) is 0 Å². The van der Waals surface area contributed by atoms with Gasteiger partial charge in [0.05, 0.1) is 12.1 Å². The maximum Gasteiger partial charge on any atom is 0.245 e. The molecule has 2 aliphatic heterocycles. The van der Waals surface area contributed by atoms with Gasteiger partial charge in [-0.1, -0.05) is 19.9 Å². The monoisotopic (exact) mass is 467 g/mol. The largest absolute Gasteiger partial charge is 0.343 e. The molecule has 0 radical (unpaired) electrons. The lowest BCUT2D eigenvalue weighted by Gasteiger charge is -2.32. The summed E-state index contributed by atoms with van der Waals surface area (Å²) in [6.45, 7) is 7.07. The van der Waals surface area contributed by atoms with Crippen molar-refractivity contribution in [3.63, 3.8) is 0 Å². The summed E-state index contributed by atoms with van der Waals surface area (Å²) in [5, 5.41) is 5.86. The Balaban J connectivity index is 1.56. The Kier molecular flexibility index (Phi) is 7.16. The van der Waals surface area contributed by atoms with Crippen LogP contribution in [0.1, 0.15) is 50.8 Å². The first-order valence-corrected chi connectivity index (χ1v) is 12.1. The van der Waals surface area contributed by atoms with Gasteiger partial charge in [0.25, 0.3) is 0 Å². The zero-order valence-electron chi connectivity index (χ0n) is 20.3. The van der Waals surface area contributed by atoms with E-state index in [9.17, 15) is 14.0 Å². The molecular formula is C26H34FN5O2. The van der Waals surface area contributed by atoms with Gasteiger partial charge < -0.3 is 20.4 Å². The van der Waals surface area contributed by atoms with Crippen molar-refractivity contribution in [1.29, 1.82) is 0 Å². The second-order valence-electron chi connectivity index (χ2n) is 9.55. The molecule has 1 aromatic heterocycles. The molecule has 0 saturated carbocycles. The second-order valence-corrected chi connectivity index (χ2v) is 9.55. The molecule has 2 aromatic rings. The second kappa shape index (κ2) is 10.1. The highest BCUT2D eigenvalue weighted by Crippen LogP contribution is 2.37. The molecule has 2 aliphatic rings. The minimum Gasteiger partial charge on any atom is -0.343 e. The Bertz CT molecular complexity index is 1060. The summed E-state index contributed by atoms with van der Waals surface area (Å²) >= 11 is 0. The number of nitrogens with zero attached hydrogens (tertiary/aromatic N) is 3. The summed E-state index contributed by atoms with van der Waals surface area (Å²) in [6.07, 6.45) is 4.36. The van der Waals surface area contributed by atoms with Crippen molar-refractivity contribution < 1.29 is 14.0 Å². The predicted octanol–water partition coefficient (Wildman–Crippen LogP) is 3.33. The molecule has 1 aromatic carbocycles. The van der Waals surface area contributed by atoms with E-state index in [-0.39, 0.29) is 35.6 Å². The number of carbonyl (C=O) groups is 2. The Morgan fingerprint density at radius 3 is 2.68 bits per heavy atom. The number of anilines is 2. The van der Waals surface area contributed by atoms with E-state index >= 15 is 0 Å². The van der Waals surface area contributed by atoms with Gasteiger partial charge in [0.15, 0.2) is 0 Å². The molecule has 0 spiro atoms. The highest BCUT2D eigenvalue weighted by atomic mass is 19.1. The Morgan fingerprint density at radius 2 is 1.94 bits per heavy atom. The fraction of sp³-hybridized carbons (Fsp3) is 0.500. The molecule has 0 aliphatic carbocycles. The topological polar surface area (TPSA) is 77.6 Å². The van der Waals surface area contributed by atoms with E-state index in [2.05, 4.69) is 15.6 Å².